The third kappa shape index (κ3) is 3.35. The Kier molecular flexibility index (Phi) is 3.55. The summed E-state index contributed by atoms with van der Waals surface area (Å²) in [7, 11) is 1.92. The van der Waals surface area contributed by atoms with E-state index in [0.717, 1.165) is 11.4 Å². The Balaban J connectivity index is 2.00. The third-order valence-corrected chi connectivity index (χ3v) is 3.60. The second kappa shape index (κ2) is 4.94. The molecule has 3 nitrogen and oxygen atoms in total. The van der Waals surface area contributed by atoms with E-state index in [1.807, 2.05) is 19.4 Å². The van der Waals surface area contributed by atoms with Gasteiger partial charge in [-0.3, -0.25) is 4.98 Å². The number of pyridine rings is 1. The molecule has 1 aliphatic carbocycles. The molecule has 1 unspecified atom stereocenters. The van der Waals surface area contributed by atoms with E-state index in [9.17, 15) is 0 Å². The second-order valence-electron chi connectivity index (χ2n) is 5.81. The van der Waals surface area contributed by atoms with Crippen molar-refractivity contribution >= 4 is 11.4 Å². The first-order chi connectivity index (χ1) is 8.09. The van der Waals surface area contributed by atoms with Crippen molar-refractivity contribution in [2.45, 2.75) is 45.6 Å². The number of anilines is 2. The summed E-state index contributed by atoms with van der Waals surface area (Å²) in [6, 6.07) is 2.71. The van der Waals surface area contributed by atoms with Crippen LogP contribution in [0, 0.1) is 5.41 Å². The molecule has 2 rings (SSSR count). The first-order valence-corrected chi connectivity index (χ1v) is 6.48. The van der Waals surface area contributed by atoms with Crippen molar-refractivity contribution in [3.05, 3.63) is 18.5 Å². The molecule has 1 aromatic rings. The van der Waals surface area contributed by atoms with E-state index in [-0.39, 0.29) is 0 Å². The minimum absolute atomic E-state index is 0.476. The molecule has 0 aromatic carbocycles. The molecule has 17 heavy (non-hydrogen) atoms. The van der Waals surface area contributed by atoms with E-state index in [1.165, 1.54) is 25.7 Å². The molecule has 0 radical (unpaired) electrons. The highest BCUT2D eigenvalue weighted by Crippen LogP contribution is 2.36. The average Bonchev–Trinajstić information content (AvgIpc) is 2.28. The largest absolute Gasteiger partial charge is 0.387 e. The van der Waals surface area contributed by atoms with Crippen LogP contribution in [0.15, 0.2) is 18.5 Å². The van der Waals surface area contributed by atoms with Crippen LogP contribution < -0.4 is 10.6 Å². The van der Waals surface area contributed by atoms with Gasteiger partial charge in [-0.05, 0) is 30.7 Å². The van der Waals surface area contributed by atoms with Crippen LogP contribution in [0.2, 0.25) is 0 Å². The Labute approximate surface area is 104 Å². The predicted molar refractivity (Wildman–Crippen MR) is 73.4 cm³/mol. The van der Waals surface area contributed by atoms with Crippen molar-refractivity contribution in [2.75, 3.05) is 17.7 Å². The van der Waals surface area contributed by atoms with Gasteiger partial charge in [-0.25, -0.2) is 0 Å². The van der Waals surface area contributed by atoms with Crippen LogP contribution in [0.5, 0.6) is 0 Å². The molecule has 1 saturated carbocycles. The summed E-state index contributed by atoms with van der Waals surface area (Å²) in [5, 5.41) is 6.73. The lowest BCUT2D eigenvalue weighted by atomic mass is 9.75. The summed E-state index contributed by atoms with van der Waals surface area (Å²) < 4.78 is 0. The van der Waals surface area contributed by atoms with E-state index in [2.05, 4.69) is 35.5 Å². The SMILES string of the molecule is CNc1cncc(NC2CCCC(C)(C)C2)c1. The third-order valence-electron chi connectivity index (χ3n) is 3.60. The average molecular weight is 233 g/mol. The van der Waals surface area contributed by atoms with Gasteiger partial charge in [0.15, 0.2) is 0 Å². The van der Waals surface area contributed by atoms with Crippen molar-refractivity contribution in [1.82, 2.24) is 4.98 Å². The Morgan fingerprint density at radius 1 is 1.29 bits per heavy atom. The van der Waals surface area contributed by atoms with Gasteiger partial charge < -0.3 is 10.6 Å². The monoisotopic (exact) mass is 233 g/mol. The van der Waals surface area contributed by atoms with Crippen LogP contribution in [-0.2, 0) is 0 Å². The maximum atomic E-state index is 4.23. The molecule has 1 fully saturated rings. The predicted octanol–water partition coefficient (Wildman–Crippen LogP) is 3.50. The highest BCUT2D eigenvalue weighted by atomic mass is 14.9. The van der Waals surface area contributed by atoms with Crippen LogP contribution in [0.1, 0.15) is 39.5 Å². The zero-order chi connectivity index (χ0) is 12.3. The fraction of sp³-hybridized carbons (Fsp3) is 0.643. The zero-order valence-electron chi connectivity index (χ0n) is 11.1. The van der Waals surface area contributed by atoms with Gasteiger partial charge in [0.2, 0.25) is 0 Å². The lowest BCUT2D eigenvalue weighted by molar-refractivity contribution is 0.229. The zero-order valence-corrected chi connectivity index (χ0v) is 11.1. The molecule has 0 bridgehead atoms. The number of hydrogen-bond donors (Lipinski definition) is 2. The summed E-state index contributed by atoms with van der Waals surface area (Å²) in [5.74, 6) is 0. The second-order valence-corrected chi connectivity index (χ2v) is 5.81. The molecule has 1 aliphatic rings. The molecule has 0 saturated heterocycles. The van der Waals surface area contributed by atoms with Gasteiger partial charge in [-0.2, -0.15) is 0 Å². The maximum absolute atomic E-state index is 4.23. The van der Waals surface area contributed by atoms with Gasteiger partial charge in [0, 0.05) is 13.1 Å². The molecule has 1 atom stereocenters. The van der Waals surface area contributed by atoms with Crippen LogP contribution in [0.4, 0.5) is 11.4 Å². The van der Waals surface area contributed by atoms with E-state index in [0.29, 0.717) is 11.5 Å². The molecule has 2 N–H and O–H groups in total. The van der Waals surface area contributed by atoms with Crippen LogP contribution >= 0.6 is 0 Å². The van der Waals surface area contributed by atoms with E-state index < -0.39 is 0 Å². The van der Waals surface area contributed by atoms with Crippen molar-refractivity contribution in [3.63, 3.8) is 0 Å². The van der Waals surface area contributed by atoms with E-state index in [1.54, 1.807) is 0 Å². The molecular weight excluding hydrogens is 210 g/mol. The van der Waals surface area contributed by atoms with Crippen molar-refractivity contribution < 1.29 is 0 Å². The minimum Gasteiger partial charge on any atom is -0.387 e. The van der Waals surface area contributed by atoms with Crippen LogP contribution in [0.25, 0.3) is 0 Å². The fourth-order valence-corrected chi connectivity index (χ4v) is 2.71. The Hall–Kier alpha value is -1.25. The summed E-state index contributed by atoms with van der Waals surface area (Å²) in [5.41, 5.74) is 2.66. The normalized spacial score (nSPS) is 23.1. The van der Waals surface area contributed by atoms with Gasteiger partial charge >= 0.3 is 0 Å². The summed E-state index contributed by atoms with van der Waals surface area (Å²) >= 11 is 0. The number of aromatic nitrogens is 1. The van der Waals surface area contributed by atoms with Crippen molar-refractivity contribution in [2.24, 2.45) is 5.41 Å². The number of rotatable bonds is 3. The molecule has 1 heterocycles. The Morgan fingerprint density at radius 2 is 2.06 bits per heavy atom. The van der Waals surface area contributed by atoms with E-state index in [4.69, 9.17) is 0 Å². The molecule has 1 aromatic heterocycles. The summed E-state index contributed by atoms with van der Waals surface area (Å²) in [6.45, 7) is 4.73. The van der Waals surface area contributed by atoms with Gasteiger partial charge in [-0.15, -0.1) is 0 Å². The van der Waals surface area contributed by atoms with Gasteiger partial charge in [0.1, 0.15) is 0 Å². The first-order valence-electron chi connectivity index (χ1n) is 6.48. The summed E-state index contributed by atoms with van der Waals surface area (Å²) in [4.78, 5) is 4.23. The highest BCUT2D eigenvalue weighted by Gasteiger charge is 2.27. The van der Waals surface area contributed by atoms with Crippen LogP contribution in [-0.4, -0.2) is 18.1 Å². The molecule has 3 heteroatoms. The Bertz CT molecular complexity index is 373. The Morgan fingerprint density at radius 3 is 2.76 bits per heavy atom. The quantitative estimate of drug-likeness (QED) is 0.839. The first kappa shape index (κ1) is 12.2. The molecule has 0 amide bonds. The maximum Gasteiger partial charge on any atom is 0.0549 e. The van der Waals surface area contributed by atoms with Crippen molar-refractivity contribution in [3.8, 4) is 0 Å². The standard InChI is InChI=1S/C14H23N3/c1-14(2)6-4-5-11(8-14)17-13-7-12(15-3)9-16-10-13/h7,9-11,15,17H,4-6,8H2,1-3H3. The summed E-state index contributed by atoms with van der Waals surface area (Å²) in [6.07, 6.45) is 8.94. The van der Waals surface area contributed by atoms with Crippen molar-refractivity contribution in [1.29, 1.82) is 0 Å². The lowest BCUT2D eigenvalue weighted by Crippen LogP contribution is -2.31. The number of nitrogens with one attached hydrogen (secondary N) is 2. The van der Waals surface area contributed by atoms with Crippen LogP contribution in [0.3, 0.4) is 0 Å². The van der Waals surface area contributed by atoms with E-state index >= 15 is 0 Å². The lowest BCUT2D eigenvalue weighted by Gasteiger charge is -2.36. The molecule has 0 aliphatic heterocycles. The molecular formula is C14H23N3. The van der Waals surface area contributed by atoms with Gasteiger partial charge in [-0.1, -0.05) is 20.3 Å². The molecule has 0 spiro atoms. The number of hydrogen-bond acceptors (Lipinski definition) is 3. The highest BCUT2D eigenvalue weighted by molar-refractivity contribution is 5.54. The minimum atomic E-state index is 0.476. The van der Waals surface area contributed by atoms with Gasteiger partial charge in [0.05, 0.1) is 23.8 Å². The fourth-order valence-electron chi connectivity index (χ4n) is 2.71. The van der Waals surface area contributed by atoms with Gasteiger partial charge in [0.25, 0.3) is 0 Å². The topological polar surface area (TPSA) is 37.0 Å². The number of nitrogens with zero attached hydrogens (tertiary/aromatic N) is 1. The molecule has 94 valence electrons. The smallest absolute Gasteiger partial charge is 0.0549 e.